The van der Waals surface area contributed by atoms with Crippen molar-refractivity contribution in [2.45, 2.75) is 6.92 Å². The first-order valence-electron chi connectivity index (χ1n) is 5.23. The van der Waals surface area contributed by atoms with Crippen LogP contribution in [0.15, 0.2) is 30.5 Å². The summed E-state index contributed by atoms with van der Waals surface area (Å²) < 4.78 is 1.78. The van der Waals surface area contributed by atoms with Crippen LogP contribution in [-0.4, -0.2) is 14.8 Å². The van der Waals surface area contributed by atoms with E-state index in [2.05, 4.69) is 10.4 Å². The van der Waals surface area contributed by atoms with Crippen LogP contribution >= 0.6 is 12.2 Å². The fourth-order valence-corrected chi connectivity index (χ4v) is 1.72. The van der Waals surface area contributed by atoms with Crippen LogP contribution in [0.3, 0.4) is 0 Å². The molecule has 0 aliphatic rings. The zero-order valence-electron chi connectivity index (χ0n) is 9.77. The van der Waals surface area contributed by atoms with Gasteiger partial charge in [0.05, 0.1) is 6.20 Å². The molecule has 4 nitrogen and oxygen atoms in total. The van der Waals surface area contributed by atoms with Crippen LogP contribution in [0, 0.1) is 6.92 Å². The van der Waals surface area contributed by atoms with E-state index in [9.17, 15) is 0 Å². The molecule has 0 spiro atoms. The minimum Gasteiger partial charge on any atom is -0.389 e. The molecule has 2 rings (SSSR count). The summed E-state index contributed by atoms with van der Waals surface area (Å²) in [5.41, 5.74) is 8.59. The van der Waals surface area contributed by atoms with E-state index >= 15 is 0 Å². The van der Waals surface area contributed by atoms with E-state index in [0.29, 0.717) is 4.99 Å². The van der Waals surface area contributed by atoms with Crippen molar-refractivity contribution in [1.82, 2.24) is 9.78 Å². The topological polar surface area (TPSA) is 55.9 Å². The largest absolute Gasteiger partial charge is 0.389 e. The van der Waals surface area contributed by atoms with Crippen molar-refractivity contribution in [3.8, 4) is 0 Å². The Balaban J connectivity index is 2.29. The van der Waals surface area contributed by atoms with Gasteiger partial charge >= 0.3 is 0 Å². The first-order chi connectivity index (χ1) is 8.08. The molecule has 0 saturated heterocycles. The molecule has 3 N–H and O–H groups in total. The van der Waals surface area contributed by atoms with E-state index in [4.69, 9.17) is 18.0 Å². The Morgan fingerprint density at radius 2 is 2.18 bits per heavy atom. The Bertz CT molecular complexity index is 559. The van der Waals surface area contributed by atoms with Gasteiger partial charge in [0.2, 0.25) is 0 Å². The maximum atomic E-state index is 5.59. The monoisotopic (exact) mass is 246 g/mol. The Morgan fingerprint density at radius 1 is 1.41 bits per heavy atom. The third-order valence-corrected chi connectivity index (χ3v) is 2.83. The SMILES string of the molecule is Cc1cc(C(N)=S)ccc1Nc1ccnn1C. The number of nitrogens with two attached hydrogens (primary N) is 1. The summed E-state index contributed by atoms with van der Waals surface area (Å²) in [6.07, 6.45) is 1.75. The van der Waals surface area contributed by atoms with E-state index in [1.807, 2.05) is 38.2 Å². The zero-order valence-corrected chi connectivity index (χ0v) is 10.6. The highest BCUT2D eigenvalue weighted by atomic mass is 32.1. The zero-order chi connectivity index (χ0) is 12.4. The van der Waals surface area contributed by atoms with Crippen molar-refractivity contribution in [3.63, 3.8) is 0 Å². The molecule has 0 unspecified atom stereocenters. The Kier molecular flexibility index (Phi) is 3.10. The summed E-state index contributed by atoms with van der Waals surface area (Å²) >= 11 is 4.94. The van der Waals surface area contributed by atoms with Crippen molar-refractivity contribution in [1.29, 1.82) is 0 Å². The van der Waals surface area contributed by atoms with Crippen molar-refractivity contribution in [3.05, 3.63) is 41.6 Å². The molecule has 17 heavy (non-hydrogen) atoms. The van der Waals surface area contributed by atoms with Crippen molar-refractivity contribution < 1.29 is 0 Å². The van der Waals surface area contributed by atoms with Gasteiger partial charge in [0, 0.05) is 24.4 Å². The van der Waals surface area contributed by atoms with Crippen LogP contribution in [0.25, 0.3) is 0 Å². The standard InChI is InChI=1S/C12H14N4S/c1-8-7-9(12(13)17)3-4-10(8)15-11-5-6-14-16(11)2/h3-7,15H,1-2H3,(H2,13,17). The van der Waals surface area contributed by atoms with Crippen LogP contribution in [0.4, 0.5) is 11.5 Å². The molecular formula is C12H14N4S. The number of aryl methyl sites for hydroxylation is 2. The van der Waals surface area contributed by atoms with E-state index in [0.717, 1.165) is 22.6 Å². The van der Waals surface area contributed by atoms with Crippen molar-refractivity contribution in [2.24, 2.45) is 12.8 Å². The summed E-state index contributed by atoms with van der Waals surface area (Å²) in [6, 6.07) is 7.77. The number of nitrogens with one attached hydrogen (secondary N) is 1. The Hall–Kier alpha value is -1.88. The number of benzene rings is 1. The van der Waals surface area contributed by atoms with Gasteiger partial charge in [-0.3, -0.25) is 4.68 Å². The van der Waals surface area contributed by atoms with Gasteiger partial charge in [-0.2, -0.15) is 5.10 Å². The lowest BCUT2D eigenvalue weighted by molar-refractivity contribution is 0.776. The quantitative estimate of drug-likeness (QED) is 0.814. The molecule has 0 radical (unpaired) electrons. The van der Waals surface area contributed by atoms with Crippen LogP contribution in [0.5, 0.6) is 0 Å². The van der Waals surface area contributed by atoms with Gasteiger partial charge in [-0.1, -0.05) is 12.2 Å². The van der Waals surface area contributed by atoms with Gasteiger partial charge in [-0.25, -0.2) is 0 Å². The van der Waals surface area contributed by atoms with E-state index in [1.165, 1.54) is 0 Å². The summed E-state index contributed by atoms with van der Waals surface area (Å²) in [5, 5.41) is 7.40. The van der Waals surface area contributed by atoms with E-state index in [-0.39, 0.29) is 0 Å². The number of hydrogen-bond acceptors (Lipinski definition) is 3. The van der Waals surface area contributed by atoms with Crippen molar-refractivity contribution in [2.75, 3.05) is 5.32 Å². The van der Waals surface area contributed by atoms with E-state index < -0.39 is 0 Å². The fourth-order valence-electron chi connectivity index (χ4n) is 1.59. The normalized spacial score (nSPS) is 10.2. The lowest BCUT2D eigenvalue weighted by Crippen LogP contribution is -2.10. The molecular weight excluding hydrogens is 232 g/mol. The minimum absolute atomic E-state index is 0.417. The van der Waals surface area contributed by atoms with Crippen LogP contribution in [0.2, 0.25) is 0 Å². The molecule has 2 aromatic rings. The van der Waals surface area contributed by atoms with Gasteiger partial charge in [0.1, 0.15) is 10.8 Å². The average molecular weight is 246 g/mol. The fraction of sp³-hybridized carbons (Fsp3) is 0.167. The second kappa shape index (κ2) is 4.55. The smallest absolute Gasteiger partial charge is 0.128 e. The van der Waals surface area contributed by atoms with Gasteiger partial charge in [0.25, 0.3) is 0 Å². The Morgan fingerprint density at radius 3 is 2.71 bits per heavy atom. The molecule has 0 amide bonds. The van der Waals surface area contributed by atoms with Gasteiger partial charge < -0.3 is 11.1 Å². The number of rotatable bonds is 3. The molecule has 0 aliphatic heterocycles. The summed E-state index contributed by atoms with van der Waals surface area (Å²) in [6.45, 7) is 2.01. The lowest BCUT2D eigenvalue weighted by atomic mass is 10.1. The number of aromatic nitrogens is 2. The number of anilines is 2. The first-order valence-corrected chi connectivity index (χ1v) is 5.64. The third-order valence-electron chi connectivity index (χ3n) is 2.59. The highest BCUT2D eigenvalue weighted by Gasteiger charge is 2.04. The van der Waals surface area contributed by atoms with Crippen LogP contribution in [0.1, 0.15) is 11.1 Å². The molecule has 1 heterocycles. The highest BCUT2D eigenvalue weighted by molar-refractivity contribution is 7.80. The van der Waals surface area contributed by atoms with Crippen molar-refractivity contribution >= 4 is 28.7 Å². The third kappa shape index (κ3) is 2.45. The molecule has 1 aromatic carbocycles. The molecule has 0 aliphatic carbocycles. The molecule has 0 saturated carbocycles. The highest BCUT2D eigenvalue weighted by Crippen LogP contribution is 2.20. The predicted molar refractivity (Wildman–Crippen MR) is 73.6 cm³/mol. The molecule has 0 fully saturated rings. The first kappa shape index (κ1) is 11.6. The van der Waals surface area contributed by atoms with E-state index in [1.54, 1.807) is 10.9 Å². The number of thiocarbonyl (C=S) groups is 1. The van der Waals surface area contributed by atoms with Crippen LogP contribution in [-0.2, 0) is 7.05 Å². The molecule has 0 atom stereocenters. The lowest BCUT2D eigenvalue weighted by Gasteiger charge is -2.10. The van der Waals surface area contributed by atoms with Gasteiger partial charge in [0.15, 0.2) is 0 Å². The maximum absolute atomic E-state index is 5.59. The number of nitrogens with zero attached hydrogens (tertiary/aromatic N) is 2. The van der Waals surface area contributed by atoms with Gasteiger partial charge in [-0.05, 0) is 30.7 Å². The molecule has 1 aromatic heterocycles. The average Bonchev–Trinajstić information content (AvgIpc) is 2.67. The minimum atomic E-state index is 0.417. The van der Waals surface area contributed by atoms with Gasteiger partial charge in [-0.15, -0.1) is 0 Å². The molecule has 0 bridgehead atoms. The number of hydrogen-bond donors (Lipinski definition) is 2. The summed E-state index contributed by atoms with van der Waals surface area (Å²) in [5.74, 6) is 0.941. The predicted octanol–water partition coefficient (Wildman–Crippen LogP) is 2.11. The maximum Gasteiger partial charge on any atom is 0.128 e. The summed E-state index contributed by atoms with van der Waals surface area (Å²) in [4.78, 5) is 0.417. The Labute approximate surface area is 105 Å². The second-order valence-electron chi connectivity index (χ2n) is 3.86. The molecule has 88 valence electrons. The molecule has 5 heteroatoms. The van der Waals surface area contributed by atoms with Crippen LogP contribution < -0.4 is 11.1 Å². The summed E-state index contributed by atoms with van der Waals surface area (Å²) in [7, 11) is 1.89. The second-order valence-corrected chi connectivity index (χ2v) is 4.30.